The van der Waals surface area contributed by atoms with Gasteiger partial charge in [0.2, 0.25) is 0 Å². The molecule has 96 valence electrons. The molecule has 1 aromatic heterocycles. The first-order valence-electron chi connectivity index (χ1n) is 6.20. The Kier molecular flexibility index (Phi) is 4.10. The predicted molar refractivity (Wildman–Crippen MR) is 69.6 cm³/mol. The molecule has 0 saturated heterocycles. The number of halogens is 1. The first kappa shape index (κ1) is 12.8. The zero-order chi connectivity index (χ0) is 13.0. The van der Waals surface area contributed by atoms with Gasteiger partial charge in [-0.15, -0.1) is 0 Å². The third kappa shape index (κ3) is 3.17. The van der Waals surface area contributed by atoms with Gasteiger partial charge in [-0.25, -0.2) is 4.39 Å². The highest BCUT2D eigenvalue weighted by Crippen LogP contribution is 2.10. The van der Waals surface area contributed by atoms with Crippen molar-refractivity contribution in [2.24, 2.45) is 0 Å². The zero-order valence-electron chi connectivity index (χ0n) is 10.7. The first-order valence-corrected chi connectivity index (χ1v) is 6.20. The van der Waals surface area contributed by atoms with Crippen LogP contribution >= 0.6 is 0 Å². The molecule has 0 bridgehead atoms. The van der Waals surface area contributed by atoms with Crippen LogP contribution in [0.3, 0.4) is 0 Å². The number of benzene rings is 1. The van der Waals surface area contributed by atoms with Gasteiger partial charge in [0.15, 0.2) is 0 Å². The number of nitrogens with zero attached hydrogens (tertiary/aromatic N) is 2. The smallest absolute Gasteiger partial charge is 0.123 e. The number of aromatic nitrogens is 2. The van der Waals surface area contributed by atoms with Crippen molar-refractivity contribution in [1.29, 1.82) is 0 Å². The van der Waals surface area contributed by atoms with Gasteiger partial charge in [-0.3, -0.25) is 4.68 Å². The monoisotopic (exact) mass is 247 g/mol. The molecule has 18 heavy (non-hydrogen) atoms. The summed E-state index contributed by atoms with van der Waals surface area (Å²) in [6.07, 6.45) is 1.98. The Hall–Kier alpha value is -1.68. The molecule has 0 aliphatic carbocycles. The third-order valence-electron chi connectivity index (χ3n) is 2.95. The minimum Gasteiger partial charge on any atom is -0.305 e. The summed E-state index contributed by atoms with van der Waals surface area (Å²) in [6, 6.07) is 8.74. The highest BCUT2D eigenvalue weighted by Gasteiger charge is 2.07. The van der Waals surface area contributed by atoms with E-state index in [0.717, 1.165) is 17.8 Å². The number of nitrogens with one attached hydrogen (secondary N) is 1. The van der Waals surface area contributed by atoms with Crippen LogP contribution in [0.2, 0.25) is 0 Å². The Morgan fingerprint density at radius 3 is 2.61 bits per heavy atom. The van der Waals surface area contributed by atoms with E-state index in [1.807, 2.05) is 16.9 Å². The standard InChI is InChI=1S/C14H18FN3/c1-3-18-9-8-14(17-18)11(2)16-10-12-4-6-13(15)7-5-12/h4-9,11,16H,3,10H2,1-2H3. The minimum absolute atomic E-state index is 0.183. The summed E-state index contributed by atoms with van der Waals surface area (Å²) in [5.74, 6) is -0.200. The quantitative estimate of drug-likeness (QED) is 0.880. The SMILES string of the molecule is CCn1ccc(C(C)NCc2ccc(F)cc2)n1. The second-order valence-corrected chi connectivity index (χ2v) is 4.33. The molecule has 1 unspecified atom stereocenters. The molecule has 0 aliphatic rings. The molecule has 0 spiro atoms. The van der Waals surface area contributed by atoms with Crippen LogP contribution in [0.1, 0.15) is 31.1 Å². The zero-order valence-corrected chi connectivity index (χ0v) is 10.7. The molecule has 1 atom stereocenters. The lowest BCUT2D eigenvalue weighted by Gasteiger charge is -2.11. The lowest BCUT2D eigenvalue weighted by Crippen LogP contribution is -2.18. The van der Waals surface area contributed by atoms with Crippen LogP contribution in [0, 0.1) is 5.82 Å². The molecular weight excluding hydrogens is 229 g/mol. The van der Waals surface area contributed by atoms with Crippen molar-refractivity contribution in [3.05, 3.63) is 53.6 Å². The fourth-order valence-corrected chi connectivity index (χ4v) is 1.76. The van der Waals surface area contributed by atoms with E-state index in [1.165, 1.54) is 12.1 Å². The normalized spacial score (nSPS) is 12.6. The highest BCUT2D eigenvalue weighted by atomic mass is 19.1. The Labute approximate surface area is 107 Å². The molecule has 0 fully saturated rings. The van der Waals surface area contributed by atoms with Gasteiger partial charge >= 0.3 is 0 Å². The molecule has 0 radical (unpaired) electrons. The molecule has 1 heterocycles. The van der Waals surface area contributed by atoms with Crippen LogP contribution in [0.5, 0.6) is 0 Å². The van der Waals surface area contributed by atoms with Crippen LogP contribution in [0.25, 0.3) is 0 Å². The van der Waals surface area contributed by atoms with E-state index in [2.05, 4.69) is 24.3 Å². The molecule has 1 N–H and O–H groups in total. The first-order chi connectivity index (χ1) is 8.69. The van der Waals surface area contributed by atoms with E-state index in [4.69, 9.17) is 0 Å². The number of rotatable bonds is 5. The van der Waals surface area contributed by atoms with Crippen molar-refractivity contribution >= 4 is 0 Å². The molecule has 0 aliphatic heterocycles. The van der Waals surface area contributed by atoms with Crippen LogP contribution in [0.4, 0.5) is 4.39 Å². The third-order valence-corrected chi connectivity index (χ3v) is 2.95. The van der Waals surface area contributed by atoms with Crippen LogP contribution < -0.4 is 5.32 Å². The van der Waals surface area contributed by atoms with Gasteiger partial charge in [-0.05, 0) is 37.6 Å². The van der Waals surface area contributed by atoms with Crippen molar-refractivity contribution in [3.63, 3.8) is 0 Å². The van der Waals surface area contributed by atoms with Gasteiger partial charge in [-0.1, -0.05) is 12.1 Å². The Bertz CT molecular complexity index is 490. The maximum Gasteiger partial charge on any atom is 0.123 e. The van der Waals surface area contributed by atoms with E-state index in [9.17, 15) is 4.39 Å². The second kappa shape index (κ2) is 5.78. The summed E-state index contributed by atoms with van der Waals surface area (Å²) in [5, 5.41) is 7.82. The van der Waals surface area contributed by atoms with Gasteiger partial charge in [0, 0.05) is 25.3 Å². The van der Waals surface area contributed by atoms with E-state index in [0.29, 0.717) is 6.54 Å². The fraction of sp³-hybridized carbons (Fsp3) is 0.357. The molecule has 2 rings (SSSR count). The van der Waals surface area contributed by atoms with E-state index in [-0.39, 0.29) is 11.9 Å². The van der Waals surface area contributed by atoms with Crippen molar-refractivity contribution in [2.45, 2.75) is 33.0 Å². The summed E-state index contributed by atoms with van der Waals surface area (Å²) < 4.78 is 14.7. The molecule has 2 aromatic rings. The summed E-state index contributed by atoms with van der Waals surface area (Å²) in [5.41, 5.74) is 2.09. The predicted octanol–water partition coefficient (Wildman–Crippen LogP) is 2.89. The average molecular weight is 247 g/mol. The van der Waals surface area contributed by atoms with Crippen LogP contribution in [0.15, 0.2) is 36.5 Å². The summed E-state index contributed by atoms with van der Waals surface area (Å²) in [6.45, 7) is 5.73. The molecule has 1 aromatic carbocycles. The van der Waals surface area contributed by atoms with Crippen molar-refractivity contribution in [1.82, 2.24) is 15.1 Å². The van der Waals surface area contributed by atoms with Gasteiger partial charge in [0.05, 0.1) is 5.69 Å². The average Bonchev–Trinajstić information content (AvgIpc) is 2.86. The largest absolute Gasteiger partial charge is 0.305 e. The van der Waals surface area contributed by atoms with E-state index < -0.39 is 0 Å². The van der Waals surface area contributed by atoms with Gasteiger partial charge in [0.25, 0.3) is 0 Å². The lowest BCUT2D eigenvalue weighted by atomic mass is 10.2. The number of hydrogen-bond donors (Lipinski definition) is 1. The van der Waals surface area contributed by atoms with Crippen LogP contribution in [-0.2, 0) is 13.1 Å². The topological polar surface area (TPSA) is 29.9 Å². The van der Waals surface area contributed by atoms with Crippen molar-refractivity contribution in [2.75, 3.05) is 0 Å². The van der Waals surface area contributed by atoms with Crippen molar-refractivity contribution < 1.29 is 4.39 Å². The molecule has 4 heteroatoms. The molecular formula is C14H18FN3. The van der Waals surface area contributed by atoms with E-state index in [1.54, 1.807) is 12.1 Å². The van der Waals surface area contributed by atoms with E-state index >= 15 is 0 Å². The molecule has 0 saturated carbocycles. The maximum absolute atomic E-state index is 12.8. The Morgan fingerprint density at radius 2 is 2.00 bits per heavy atom. The lowest BCUT2D eigenvalue weighted by molar-refractivity contribution is 0.542. The summed E-state index contributed by atoms with van der Waals surface area (Å²) in [4.78, 5) is 0. The maximum atomic E-state index is 12.8. The van der Waals surface area contributed by atoms with Gasteiger partial charge in [-0.2, -0.15) is 5.10 Å². The minimum atomic E-state index is -0.200. The second-order valence-electron chi connectivity index (χ2n) is 4.33. The van der Waals surface area contributed by atoms with Crippen molar-refractivity contribution in [3.8, 4) is 0 Å². The Morgan fingerprint density at radius 1 is 1.28 bits per heavy atom. The summed E-state index contributed by atoms with van der Waals surface area (Å²) in [7, 11) is 0. The molecule has 3 nitrogen and oxygen atoms in total. The number of hydrogen-bond acceptors (Lipinski definition) is 2. The summed E-state index contributed by atoms with van der Waals surface area (Å²) >= 11 is 0. The Balaban J connectivity index is 1.91. The fourth-order valence-electron chi connectivity index (χ4n) is 1.76. The van der Waals surface area contributed by atoms with Crippen LogP contribution in [-0.4, -0.2) is 9.78 Å². The van der Waals surface area contributed by atoms with Gasteiger partial charge in [0.1, 0.15) is 5.82 Å². The highest BCUT2D eigenvalue weighted by molar-refractivity contribution is 5.16. The van der Waals surface area contributed by atoms with Gasteiger partial charge < -0.3 is 5.32 Å². The molecule has 0 amide bonds. The number of aryl methyl sites for hydroxylation is 1.